The molecule has 24 heavy (non-hydrogen) atoms. The molecule has 1 aliphatic heterocycles. The summed E-state index contributed by atoms with van der Waals surface area (Å²) in [6, 6.07) is 8.34. The molecular weight excluding hydrogens is 304 g/mol. The van der Waals surface area contributed by atoms with Crippen molar-refractivity contribution in [2.24, 2.45) is 0 Å². The first-order chi connectivity index (χ1) is 11.7. The molecule has 1 N–H and O–H groups in total. The number of hydrogen-bond donors (Lipinski definition) is 1. The van der Waals surface area contributed by atoms with Crippen LogP contribution in [0.25, 0.3) is 0 Å². The molecule has 1 aliphatic carbocycles. The summed E-state index contributed by atoms with van der Waals surface area (Å²) in [6.45, 7) is 3.55. The van der Waals surface area contributed by atoms with E-state index in [0.717, 1.165) is 25.1 Å². The molecule has 0 bridgehead atoms. The Morgan fingerprint density at radius 2 is 2.25 bits per heavy atom. The first kappa shape index (κ1) is 15.3. The molecule has 1 saturated heterocycles. The number of nitrogens with zero attached hydrogens (tertiary/aromatic N) is 3. The van der Waals surface area contributed by atoms with Crippen LogP contribution >= 0.6 is 0 Å². The molecule has 2 aliphatic rings. The summed E-state index contributed by atoms with van der Waals surface area (Å²) < 4.78 is 5.78. The van der Waals surface area contributed by atoms with Gasteiger partial charge in [-0.25, -0.2) is 4.98 Å². The van der Waals surface area contributed by atoms with E-state index in [1.165, 1.54) is 11.1 Å². The first-order valence-corrected chi connectivity index (χ1v) is 8.59. The van der Waals surface area contributed by atoms with Crippen LogP contribution in [-0.4, -0.2) is 45.7 Å². The van der Waals surface area contributed by atoms with Gasteiger partial charge >= 0.3 is 0 Å². The van der Waals surface area contributed by atoms with Crippen LogP contribution in [0.1, 0.15) is 47.6 Å². The van der Waals surface area contributed by atoms with Crippen molar-refractivity contribution in [3.05, 3.63) is 47.0 Å². The van der Waals surface area contributed by atoms with E-state index in [9.17, 15) is 4.79 Å². The van der Waals surface area contributed by atoms with Crippen molar-refractivity contribution in [1.29, 1.82) is 0 Å². The van der Waals surface area contributed by atoms with E-state index in [-0.39, 0.29) is 17.9 Å². The average Bonchev–Trinajstić information content (AvgIpc) is 3.07. The van der Waals surface area contributed by atoms with Crippen LogP contribution in [0, 0.1) is 6.92 Å². The number of carbonyl (C=O) groups excluding carboxylic acids is 1. The molecule has 6 nitrogen and oxygen atoms in total. The normalized spacial score (nSPS) is 23.8. The fourth-order valence-corrected chi connectivity index (χ4v) is 3.74. The number of aromatic amines is 1. The number of H-pyrrole nitrogens is 1. The summed E-state index contributed by atoms with van der Waals surface area (Å²) in [5.41, 5.74) is 2.52. The van der Waals surface area contributed by atoms with E-state index in [0.29, 0.717) is 25.5 Å². The van der Waals surface area contributed by atoms with Gasteiger partial charge in [-0.1, -0.05) is 24.3 Å². The first-order valence-electron chi connectivity index (χ1n) is 8.59. The fraction of sp³-hybridized carbons (Fsp3) is 0.500. The second-order valence-corrected chi connectivity index (χ2v) is 6.57. The highest BCUT2D eigenvalue weighted by Crippen LogP contribution is 2.34. The molecule has 2 aromatic rings. The molecule has 126 valence electrons. The molecule has 0 spiro atoms. The number of benzene rings is 1. The van der Waals surface area contributed by atoms with E-state index in [1.807, 2.05) is 17.9 Å². The highest BCUT2D eigenvalue weighted by molar-refractivity contribution is 5.84. The van der Waals surface area contributed by atoms with Gasteiger partial charge in [0, 0.05) is 6.54 Å². The van der Waals surface area contributed by atoms with Gasteiger partial charge in [0.2, 0.25) is 5.91 Å². The molecule has 1 aromatic heterocycles. The van der Waals surface area contributed by atoms with Crippen molar-refractivity contribution in [3.8, 4) is 0 Å². The van der Waals surface area contributed by atoms with Gasteiger partial charge in [0.05, 0.1) is 19.1 Å². The maximum absolute atomic E-state index is 13.1. The standard InChI is InChI=1S/C18H22N4O2/c1-12-19-17(21-20-12)16-11-22(9-10-24-16)18(23)15-8-4-6-13-5-2-3-7-14(13)15/h2-3,5,7,15-16H,4,6,8-11H2,1H3,(H,19,20,21)/t15-,16+/m1/s1. The number of morpholine rings is 1. The third-order valence-corrected chi connectivity index (χ3v) is 4.95. The molecule has 2 atom stereocenters. The number of fused-ring (bicyclic) bond motifs is 1. The minimum Gasteiger partial charge on any atom is -0.366 e. The minimum atomic E-state index is -0.244. The van der Waals surface area contributed by atoms with Gasteiger partial charge in [0.25, 0.3) is 0 Å². The second kappa shape index (κ2) is 6.36. The number of nitrogens with one attached hydrogen (secondary N) is 1. The van der Waals surface area contributed by atoms with Gasteiger partial charge < -0.3 is 9.64 Å². The van der Waals surface area contributed by atoms with Crippen LogP contribution in [0.4, 0.5) is 0 Å². The largest absolute Gasteiger partial charge is 0.366 e. The molecule has 0 radical (unpaired) electrons. The molecule has 1 aromatic carbocycles. The zero-order valence-corrected chi connectivity index (χ0v) is 13.9. The second-order valence-electron chi connectivity index (χ2n) is 6.57. The monoisotopic (exact) mass is 326 g/mol. The quantitative estimate of drug-likeness (QED) is 0.918. The lowest BCUT2D eigenvalue weighted by atomic mass is 9.82. The van der Waals surface area contributed by atoms with Crippen molar-refractivity contribution < 1.29 is 9.53 Å². The predicted molar refractivity (Wildman–Crippen MR) is 88.5 cm³/mol. The molecular formula is C18H22N4O2. The van der Waals surface area contributed by atoms with Crippen molar-refractivity contribution in [1.82, 2.24) is 20.1 Å². The Hall–Kier alpha value is -2.21. The summed E-state index contributed by atoms with van der Waals surface area (Å²) in [7, 11) is 0. The Morgan fingerprint density at radius 3 is 3.08 bits per heavy atom. The number of ether oxygens (including phenoxy) is 1. The molecule has 1 fully saturated rings. The van der Waals surface area contributed by atoms with Gasteiger partial charge in [-0.05, 0) is 37.3 Å². The number of hydrogen-bond acceptors (Lipinski definition) is 4. The number of rotatable bonds is 2. The summed E-state index contributed by atoms with van der Waals surface area (Å²) in [4.78, 5) is 19.4. The Bertz CT molecular complexity index is 742. The lowest BCUT2D eigenvalue weighted by molar-refractivity contribution is -0.141. The summed E-state index contributed by atoms with van der Waals surface area (Å²) in [5, 5.41) is 7.02. The topological polar surface area (TPSA) is 71.1 Å². The van der Waals surface area contributed by atoms with Crippen molar-refractivity contribution in [2.75, 3.05) is 19.7 Å². The average molecular weight is 326 g/mol. The summed E-state index contributed by atoms with van der Waals surface area (Å²) in [6.07, 6.45) is 2.83. The Morgan fingerprint density at radius 1 is 1.38 bits per heavy atom. The van der Waals surface area contributed by atoms with Crippen LogP contribution in [0.2, 0.25) is 0 Å². The Balaban J connectivity index is 1.52. The van der Waals surface area contributed by atoms with Gasteiger partial charge in [-0.2, -0.15) is 5.10 Å². The van der Waals surface area contributed by atoms with Crippen molar-refractivity contribution in [3.63, 3.8) is 0 Å². The minimum absolute atomic E-state index is 0.0254. The molecule has 0 unspecified atom stereocenters. The zero-order chi connectivity index (χ0) is 16.5. The SMILES string of the molecule is Cc1nc([C@@H]2CN(C(=O)[C@@H]3CCCc4ccccc43)CCO2)n[nH]1. The number of aromatic nitrogens is 3. The third kappa shape index (κ3) is 2.82. The number of aryl methyl sites for hydroxylation is 2. The summed E-state index contributed by atoms with van der Waals surface area (Å²) >= 11 is 0. The summed E-state index contributed by atoms with van der Waals surface area (Å²) in [5.74, 6) is 1.58. The number of amides is 1. The van der Waals surface area contributed by atoms with E-state index in [2.05, 4.69) is 33.4 Å². The maximum atomic E-state index is 13.1. The van der Waals surface area contributed by atoms with Crippen LogP contribution in [0.5, 0.6) is 0 Å². The van der Waals surface area contributed by atoms with Gasteiger partial charge in [-0.3, -0.25) is 9.89 Å². The lowest BCUT2D eigenvalue weighted by Gasteiger charge is -2.35. The molecule has 0 saturated carbocycles. The van der Waals surface area contributed by atoms with Gasteiger partial charge in [0.15, 0.2) is 5.82 Å². The van der Waals surface area contributed by atoms with Crippen LogP contribution in [-0.2, 0) is 16.0 Å². The fourth-order valence-electron chi connectivity index (χ4n) is 3.74. The van der Waals surface area contributed by atoms with E-state index in [4.69, 9.17) is 4.74 Å². The highest BCUT2D eigenvalue weighted by atomic mass is 16.5. The van der Waals surface area contributed by atoms with Crippen LogP contribution < -0.4 is 0 Å². The maximum Gasteiger partial charge on any atom is 0.230 e. The van der Waals surface area contributed by atoms with E-state index in [1.54, 1.807) is 0 Å². The van der Waals surface area contributed by atoms with E-state index < -0.39 is 0 Å². The number of carbonyl (C=O) groups is 1. The third-order valence-electron chi connectivity index (χ3n) is 4.95. The van der Waals surface area contributed by atoms with Crippen molar-refractivity contribution >= 4 is 5.91 Å². The molecule has 1 amide bonds. The van der Waals surface area contributed by atoms with Crippen molar-refractivity contribution in [2.45, 2.75) is 38.2 Å². The van der Waals surface area contributed by atoms with Gasteiger partial charge in [-0.15, -0.1) is 0 Å². The lowest BCUT2D eigenvalue weighted by Crippen LogP contribution is -2.45. The molecule has 2 heterocycles. The van der Waals surface area contributed by atoms with Crippen LogP contribution in [0.15, 0.2) is 24.3 Å². The van der Waals surface area contributed by atoms with E-state index >= 15 is 0 Å². The smallest absolute Gasteiger partial charge is 0.230 e. The Labute approximate surface area is 141 Å². The highest BCUT2D eigenvalue weighted by Gasteiger charge is 2.34. The zero-order valence-electron chi connectivity index (χ0n) is 13.9. The van der Waals surface area contributed by atoms with Gasteiger partial charge in [0.1, 0.15) is 11.9 Å². The molecule has 4 rings (SSSR count). The van der Waals surface area contributed by atoms with Crippen LogP contribution in [0.3, 0.4) is 0 Å². The predicted octanol–water partition coefficient (Wildman–Crippen LogP) is 2.13. The Kier molecular flexibility index (Phi) is 4.06. The molecule has 6 heteroatoms.